The predicted octanol–water partition coefficient (Wildman–Crippen LogP) is 3.58. The number of carbonyl (C=O) groups is 2. The van der Waals surface area contributed by atoms with Crippen LogP contribution in [0, 0.1) is 6.92 Å². The van der Waals surface area contributed by atoms with E-state index in [1.807, 2.05) is 43.3 Å². The normalized spacial score (nSPS) is 10.3. The Morgan fingerprint density at radius 2 is 1.39 bits per heavy atom. The van der Waals surface area contributed by atoms with E-state index in [-0.39, 0.29) is 12.3 Å². The first kappa shape index (κ1) is 16.7. The maximum Gasteiger partial charge on any atom is 0.303 e. The largest absolute Gasteiger partial charge is 0.481 e. The number of amides is 1. The van der Waals surface area contributed by atoms with Gasteiger partial charge in [-0.3, -0.25) is 9.59 Å². The molecule has 0 bridgehead atoms. The van der Waals surface area contributed by atoms with Crippen LogP contribution in [-0.4, -0.2) is 17.0 Å². The van der Waals surface area contributed by atoms with Gasteiger partial charge >= 0.3 is 5.97 Å². The van der Waals surface area contributed by atoms with Gasteiger partial charge in [-0.1, -0.05) is 42.0 Å². The Morgan fingerprint density at radius 3 is 1.96 bits per heavy atom. The van der Waals surface area contributed by atoms with Crippen LogP contribution < -0.4 is 5.32 Å². The zero-order valence-electron chi connectivity index (χ0n) is 13.2. The maximum atomic E-state index is 12.0. The molecule has 0 spiro atoms. The molecule has 0 fully saturated rings. The topological polar surface area (TPSA) is 66.4 Å². The minimum atomic E-state index is -0.807. The minimum absolute atomic E-state index is 0.0242. The van der Waals surface area contributed by atoms with Crippen molar-refractivity contribution in [3.63, 3.8) is 0 Å². The first-order chi connectivity index (χ1) is 11.0. The van der Waals surface area contributed by atoms with E-state index in [0.29, 0.717) is 19.3 Å². The summed E-state index contributed by atoms with van der Waals surface area (Å²) in [6, 6.07) is 15.5. The van der Waals surface area contributed by atoms with Crippen molar-refractivity contribution in [2.75, 3.05) is 5.32 Å². The fourth-order valence-corrected chi connectivity index (χ4v) is 2.24. The van der Waals surface area contributed by atoms with Crippen LogP contribution in [0.1, 0.15) is 29.5 Å². The summed E-state index contributed by atoms with van der Waals surface area (Å²) in [5.41, 5.74) is 4.04. The van der Waals surface area contributed by atoms with Crippen LogP contribution >= 0.6 is 0 Å². The summed E-state index contributed by atoms with van der Waals surface area (Å²) >= 11 is 0. The lowest BCUT2D eigenvalue weighted by atomic mass is 10.1. The number of carboxylic acid groups (broad SMARTS) is 1. The van der Waals surface area contributed by atoms with E-state index in [9.17, 15) is 9.59 Å². The molecule has 0 saturated carbocycles. The predicted molar refractivity (Wildman–Crippen MR) is 90.5 cm³/mol. The highest BCUT2D eigenvalue weighted by Crippen LogP contribution is 2.12. The number of rotatable bonds is 7. The third-order valence-electron chi connectivity index (χ3n) is 3.63. The molecule has 0 aromatic heterocycles. The Morgan fingerprint density at radius 1 is 0.870 bits per heavy atom. The van der Waals surface area contributed by atoms with E-state index in [2.05, 4.69) is 5.32 Å². The third kappa shape index (κ3) is 5.94. The first-order valence-electron chi connectivity index (χ1n) is 7.69. The van der Waals surface area contributed by atoms with Crippen molar-refractivity contribution in [2.24, 2.45) is 0 Å². The van der Waals surface area contributed by atoms with Crippen molar-refractivity contribution >= 4 is 17.6 Å². The van der Waals surface area contributed by atoms with Crippen LogP contribution in [0.4, 0.5) is 5.69 Å². The molecule has 0 aliphatic carbocycles. The van der Waals surface area contributed by atoms with Crippen molar-refractivity contribution in [2.45, 2.75) is 32.6 Å². The van der Waals surface area contributed by atoms with Crippen LogP contribution in [0.3, 0.4) is 0 Å². The molecule has 120 valence electrons. The highest BCUT2D eigenvalue weighted by Gasteiger charge is 2.04. The highest BCUT2D eigenvalue weighted by molar-refractivity contribution is 5.90. The second-order valence-electron chi connectivity index (χ2n) is 5.62. The molecule has 23 heavy (non-hydrogen) atoms. The van der Waals surface area contributed by atoms with Gasteiger partial charge in [0.05, 0.1) is 0 Å². The number of hydrogen-bond acceptors (Lipinski definition) is 2. The van der Waals surface area contributed by atoms with Crippen molar-refractivity contribution < 1.29 is 14.7 Å². The lowest BCUT2D eigenvalue weighted by Gasteiger charge is -2.07. The lowest BCUT2D eigenvalue weighted by molar-refractivity contribution is -0.137. The van der Waals surface area contributed by atoms with Crippen LogP contribution in [0.2, 0.25) is 0 Å². The number of carbonyl (C=O) groups excluding carboxylic acids is 1. The zero-order valence-corrected chi connectivity index (χ0v) is 13.2. The number of aliphatic carboxylic acids is 1. The fourth-order valence-electron chi connectivity index (χ4n) is 2.24. The highest BCUT2D eigenvalue weighted by atomic mass is 16.4. The molecule has 2 aromatic rings. The van der Waals surface area contributed by atoms with E-state index in [1.165, 1.54) is 5.56 Å². The van der Waals surface area contributed by atoms with Crippen LogP contribution in [0.15, 0.2) is 48.5 Å². The van der Waals surface area contributed by atoms with Gasteiger partial charge in [-0.2, -0.15) is 0 Å². The number of anilines is 1. The zero-order chi connectivity index (χ0) is 16.7. The maximum absolute atomic E-state index is 12.0. The summed E-state index contributed by atoms with van der Waals surface area (Å²) in [5.74, 6) is -0.831. The molecule has 0 unspecified atom stereocenters. The summed E-state index contributed by atoms with van der Waals surface area (Å²) in [4.78, 5) is 22.5. The van der Waals surface area contributed by atoms with Crippen LogP contribution in [0.5, 0.6) is 0 Å². The van der Waals surface area contributed by atoms with Gasteiger partial charge in [-0.15, -0.1) is 0 Å². The average molecular weight is 311 g/mol. The van der Waals surface area contributed by atoms with Gasteiger partial charge in [0.25, 0.3) is 0 Å². The SMILES string of the molecule is Cc1ccc(CCC(=O)Nc2ccc(CCC(=O)O)cc2)cc1. The second-order valence-corrected chi connectivity index (χ2v) is 5.62. The number of carboxylic acids is 1. The first-order valence-corrected chi connectivity index (χ1v) is 7.69. The Kier molecular flexibility index (Phi) is 5.92. The van der Waals surface area contributed by atoms with E-state index < -0.39 is 5.97 Å². The molecule has 2 aromatic carbocycles. The number of hydrogen-bond donors (Lipinski definition) is 2. The van der Waals surface area contributed by atoms with Gasteiger partial charge in [0.2, 0.25) is 5.91 Å². The molecule has 0 heterocycles. The van der Waals surface area contributed by atoms with Gasteiger partial charge < -0.3 is 10.4 Å². The van der Waals surface area contributed by atoms with Crippen molar-refractivity contribution in [3.05, 3.63) is 65.2 Å². The van der Waals surface area contributed by atoms with E-state index >= 15 is 0 Å². The molecule has 4 nitrogen and oxygen atoms in total. The molecular weight excluding hydrogens is 290 g/mol. The van der Waals surface area contributed by atoms with E-state index in [4.69, 9.17) is 5.11 Å². The molecule has 0 aliphatic heterocycles. The monoisotopic (exact) mass is 311 g/mol. The van der Waals surface area contributed by atoms with Gasteiger partial charge in [-0.25, -0.2) is 0 Å². The standard InChI is InChI=1S/C19H21NO3/c1-14-2-4-15(5-3-14)8-12-18(21)20-17-10-6-16(7-11-17)9-13-19(22)23/h2-7,10-11H,8-9,12-13H2,1H3,(H,20,21)(H,22,23). The summed E-state index contributed by atoms with van der Waals surface area (Å²) in [7, 11) is 0. The van der Waals surface area contributed by atoms with Gasteiger partial charge in [0.1, 0.15) is 0 Å². The van der Waals surface area contributed by atoms with Crippen molar-refractivity contribution in [1.29, 1.82) is 0 Å². The fraction of sp³-hybridized carbons (Fsp3) is 0.263. The van der Waals surface area contributed by atoms with Crippen LogP contribution in [-0.2, 0) is 22.4 Å². The molecule has 4 heteroatoms. The number of benzene rings is 2. The number of nitrogens with one attached hydrogen (secondary N) is 1. The van der Waals surface area contributed by atoms with Gasteiger partial charge in [0, 0.05) is 18.5 Å². The molecule has 0 atom stereocenters. The van der Waals surface area contributed by atoms with E-state index in [0.717, 1.165) is 16.8 Å². The lowest BCUT2D eigenvalue weighted by Crippen LogP contribution is -2.12. The number of aryl methyl sites for hydroxylation is 3. The minimum Gasteiger partial charge on any atom is -0.481 e. The molecule has 2 N–H and O–H groups in total. The van der Waals surface area contributed by atoms with Gasteiger partial charge in [-0.05, 0) is 43.0 Å². The Hall–Kier alpha value is -2.62. The van der Waals surface area contributed by atoms with Crippen molar-refractivity contribution in [1.82, 2.24) is 0 Å². The Labute approximate surface area is 136 Å². The molecule has 0 saturated heterocycles. The molecule has 1 amide bonds. The molecule has 0 radical (unpaired) electrons. The van der Waals surface area contributed by atoms with Crippen LogP contribution in [0.25, 0.3) is 0 Å². The Balaban J connectivity index is 1.80. The second kappa shape index (κ2) is 8.13. The molecule has 0 aliphatic rings. The quantitative estimate of drug-likeness (QED) is 0.821. The average Bonchev–Trinajstić information content (AvgIpc) is 2.53. The van der Waals surface area contributed by atoms with Gasteiger partial charge in [0.15, 0.2) is 0 Å². The smallest absolute Gasteiger partial charge is 0.303 e. The molecular formula is C19H21NO3. The molecule has 2 rings (SSSR count). The summed E-state index contributed by atoms with van der Waals surface area (Å²) in [6.45, 7) is 2.04. The van der Waals surface area contributed by atoms with E-state index in [1.54, 1.807) is 12.1 Å². The Bertz CT molecular complexity index is 660. The summed E-state index contributed by atoms with van der Waals surface area (Å²) in [6.07, 6.45) is 1.76. The van der Waals surface area contributed by atoms with Crippen molar-refractivity contribution in [3.8, 4) is 0 Å². The third-order valence-corrected chi connectivity index (χ3v) is 3.63. The summed E-state index contributed by atoms with van der Waals surface area (Å²) in [5, 5.41) is 11.5. The summed E-state index contributed by atoms with van der Waals surface area (Å²) < 4.78 is 0.